The van der Waals surface area contributed by atoms with Crippen LogP contribution in [0.3, 0.4) is 0 Å². The number of aryl methyl sites for hydroxylation is 1. The van der Waals surface area contributed by atoms with Gasteiger partial charge in [0.1, 0.15) is 5.01 Å². The van der Waals surface area contributed by atoms with Gasteiger partial charge in [0.05, 0.1) is 18.5 Å². The van der Waals surface area contributed by atoms with Gasteiger partial charge in [-0.15, -0.1) is 10.2 Å². The van der Waals surface area contributed by atoms with Gasteiger partial charge in [-0.05, 0) is 6.42 Å². The van der Waals surface area contributed by atoms with Crippen LogP contribution in [0.15, 0.2) is 0 Å². The summed E-state index contributed by atoms with van der Waals surface area (Å²) >= 11 is 3.19. The number of ether oxygens (including phenoxy) is 1. The van der Waals surface area contributed by atoms with Gasteiger partial charge < -0.3 is 15.0 Å². The van der Waals surface area contributed by atoms with Gasteiger partial charge in [-0.3, -0.25) is 0 Å². The molecule has 2 aromatic rings. The van der Waals surface area contributed by atoms with E-state index < -0.39 is 0 Å². The Bertz CT molecular complexity index is 537. The molecule has 0 saturated heterocycles. The van der Waals surface area contributed by atoms with Crippen molar-refractivity contribution in [1.29, 1.82) is 0 Å². The molecule has 0 aliphatic heterocycles. The van der Waals surface area contributed by atoms with Crippen molar-refractivity contribution in [2.75, 3.05) is 31.4 Å². The number of nitrogens with zero attached hydrogens (tertiary/aromatic N) is 4. The van der Waals surface area contributed by atoms with E-state index in [1.54, 1.807) is 29.8 Å². The average molecular weight is 299 g/mol. The molecule has 0 spiro atoms. The van der Waals surface area contributed by atoms with E-state index >= 15 is 0 Å². The standard InChI is InChI=1S/C11H17N5OS2/c1-5-8-14-15-10(19-8)12-6-7-9(17-4)13-11(18-7)16(2)3/h5-6H2,1-4H3,(H,12,15). The second kappa shape index (κ2) is 6.16. The molecule has 2 aromatic heterocycles. The van der Waals surface area contributed by atoms with Gasteiger partial charge >= 0.3 is 0 Å². The van der Waals surface area contributed by atoms with Crippen LogP contribution in [0.1, 0.15) is 16.8 Å². The van der Waals surface area contributed by atoms with Crippen molar-refractivity contribution >= 4 is 32.9 Å². The first-order valence-electron chi connectivity index (χ1n) is 5.91. The number of aromatic nitrogens is 3. The SMILES string of the molecule is CCc1nnc(NCc2sc(N(C)C)nc2OC)s1. The molecule has 0 bridgehead atoms. The summed E-state index contributed by atoms with van der Waals surface area (Å²) in [6.07, 6.45) is 0.911. The van der Waals surface area contributed by atoms with Crippen LogP contribution >= 0.6 is 22.7 Å². The van der Waals surface area contributed by atoms with Gasteiger partial charge in [-0.25, -0.2) is 0 Å². The summed E-state index contributed by atoms with van der Waals surface area (Å²) in [7, 11) is 5.57. The number of hydrogen-bond donors (Lipinski definition) is 1. The van der Waals surface area contributed by atoms with Gasteiger partial charge in [0.2, 0.25) is 11.0 Å². The van der Waals surface area contributed by atoms with Crippen LogP contribution in [0.4, 0.5) is 10.3 Å². The van der Waals surface area contributed by atoms with E-state index in [0.717, 1.165) is 26.6 Å². The quantitative estimate of drug-likeness (QED) is 0.882. The second-order valence-corrected chi connectivity index (χ2v) is 6.16. The summed E-state index contributed by atoms with van der Waals surface area (Å²) in [5.74, 6) is 0.668. The molecule has 0 aromatic carbocycles. The Hall–Kier alpha value is -1.41. The summed E-state index contributed by atoms with van der Waals surface area (Å²) in [6, 6.07) is 0. The fourth-order valence-corrected chi connectivity index (χ4v) is 2.98. The van der Waals surface area contributed by atoms with Crippen molar-refractivity contribution in [3.8, 4) is 5.88 Å². The van der Waals surface area contributed by atoms with Gasteiger partial charge in [-0.1, -0.05) is 29.6 Å². The molecule has 0 fully saturated rings. The molecular formula is C11H17N5OS2. The first-order valence-corrected chi connectivity index (χ1v) is 7.54. The van der Waals surface area contributed by atoms with E-state index in [-0.39, 0.29) is 0 Å². The number of nitrogens with one attached hydrogen (secondary N) is 1. The maximum atomic E-state index is 5.29. The lowest BCUT2D eigenvalue weighted by atomic mass is 10.5. The van der Waals surface area contributed by atoms with Gasteiger partial charge in [0, 0.05) is 14.1 Å². The van der Waals surface area contributed by atoms with E-state index in [4.69, 9.17) is 4.74 Å². The van der Waals surface area contributed by atoms with E-state index in [0.29, 0.717) is 12.4 Å². The zero-order chi connectivity index (χ0) is 13.8. The molecule has 0 saturated carbocycles. The molecule has 0 amide bonds. The van der Waals surface area contributed by atoms with Crippen LogP contribution < -0.4 is 15.0 Å². The first-order chi connectivity index (χ1) is 9.13. The molecule has 0 radical (unpaired) electrons. The molecule has 8 heteroatoms. The number of hydrogen-bond acceptors (Lipinski definition) is 8. The highest BCUT2D eigenvalue weighted by Crippen LogP contribution is 2.31. The van der Waals surface area contributed by atoms with Crippen molar-refractivity contribution in [2.24, 2.45) is 0 Å². The average Bonchev–Trinajstić information content (AvgIpc) is 3.02. The van der Waals surface area contributed by atoms with Gasteiger partial charge in [-0.2, -0.15) is 4.98 Å². The lowest BCUT2D eigenvalue weighted by Crippen LogP contribution is -2.07. The normalized spacial score (nSPS) is 10.5. The van der Waals surface area contributed by atoms with Crippen LogP contribution in [0.2, 0.25) is 0 Å². The van der Waals surface area contributed by atoms with Crippen LogP contribution in [0.25, 0.3) is 0 Å². The van der Waals surface area contributed by atoms with E-state index in [1.807, 2.05) is 19.0 Å². The van der Waals surface area contributed by atoms with Crippen LogP contribution in [0.5, 0.6) is 5.88 Å². The maximum absolute atomic E-state index is 5.29. The summed E-state index contributed by atoms with van der Waals surface area (Å²) in [5, 5.41) is 14.2. The van der Waals surface area contributed by atoms with Crippen LogP contribution in [-0.2, 0) is 13.0 Å². The van der Waals surface area contributed by atoms with Crippen molar-refractivity contribution in [1.82, 2.24) is 15.2 Å². The highest BCUT2D eigenvalue weighted by Gasteiger charge is 2.13. The van der Waals surface area contributed by atoms with Crippen molar-refractivity contribution < 1.29 is 4.74 Å². The van der Waals surface area contributed by atoms with Gasteiger partial charge in [0.25, 0.3) is 0 Å². The second-order valence-electron chi connectivity index (χ2n) is 4.03. The van der Waals surface area contributed by atoms with Crippen LogP contribution in [0, 0.1) is 0 Å². The maximum Gasteiger partial charge on any atom is 0.231 e. The molecule has 0 aliphatic carbocycles. The minimum absolute atomic E-state index is 0.646. The molecule has 0 aliphatic rings. The predicted molar refractivity (Wildman–Crippen MR) is 79.6 cm³/mol. The predicted octanol–water partition coefficient (Wildman–Crippen LogP) is 2.24. The zero-order valence-electron chi connectivity index (χ0n) is 11.4. The third kappa shape index (κ3) is 3.32. The largest absolute Gasteiger partial charge is 0.480 e. The summed E-state index contributed by atoms with van der Waals surface area (Å²) < 4.78 is 5.29. The fraction of sp³-hybridized carbons (Fsp3) is 0.545. The van der Waals surface area contributed by atoms with Crippen molar-refractivity contribution in [3.63, 3.8) is 0 Å². The third-order valence-electron chi connectivity index (χ3n) is 2.40. The Balaban J connectivity index is 2.05. The summed E-state index contributed by atoms with van der Waals surface area (Å²) in [5.41, 5.74) is 0. The number of thiazole rings is 1. The Morgan fingerprint density at radius 2 is 2.05 bits per heavy atom. The third-order valence-corrected chi connectivity index (χ3v) is 4.63. The lowest BCUT2D eigenvalue weighted by molar-refractivity contribution is 0.397. The number of methoxy groups -OCH3 is 1. The molecule has 6 nitrogen and oxygen atoms in total. The van der Waals surface area contributed by atoms with Crippen LogP contribution in [-0.4, -0.2) is 36.4 Å². The lowest BCUT2D eigenvalue weighted by Gasteiger charge is -2.04. The Morgan fingerprint density at radius 3 is 2.63 bits per heavy atom. The molecular weight excluding hydrogens is 282 g/mol. The zero-order valence-corrected chi connectivity index (χ0v) is 13.1. The van der Waals surface area contributed by atoms with E-state index in [2.05, 4.69) is 27.4 Å². The summed E-state index contributed by atoms with van der Waals surface area (Å²) in [6.45, 7) is 2.72. The molecule has 2 heterocycles. The number of rotatable bonds is 6. The Morgan fingerprint density at radius 1 is 1.26 bits per heavy atom. The van der Waals surface area contributed by atoms with E-state index in [1.165, 1.54) is 0 Å². The Kier molecular flexibility index (Phi) is 4.54. The highest BCUT2D eigenvalue weighted by atomic mass is 32.1. The molecule has 0 unspecified atom stereocenters. The molecule has 19 heavy (non-hydrogen) atoms. The summed E-state index contributed by atoms with van der Waals surface area (Å²) in [4.78, 5) is 7.44. The van der Waals surface area contributed by atoms with Crippen molar-refractivity contribution in [3.05, 3.63) is 9.88 Å². The fourth-order valence-electron chi connectivity index (χ4n) is 1.41. The molecule has 1 N–H and O–H groups in total. The van der Waals surface area contributed by atoms with Crippen molar-refractivity contribution in [2.45, 2.75) is 19.9 Å². The Labute approximate surface area is 120 Å². The molecule has 2 rings (SSSR count). The smallest absolute Gasteiger partial charge is 0.231 e. The highest BCUT2D eigenvalue weighted by molar-refractivity contribution is 7.16. The minimum atomic E-state index is 0.646. The topological polar surface area (TPSA) is 63.2 Å². The monoisotopic (exact) mass is 299 g/mol. The molecule has 0 atom stereocenters. The first kappa shape index (κ1) is 14.0. The minimum Gasteiger partial charge on any atom is -0.480 e. The van der Waals surface area contributed by atoms with E-state index in [9.17, 15) is 0 Å². The molecule has 104 valence electrons. The number of anilines is 2. The van der Waals surface area contributed by atoms with Gasteiger partial charge in [0.15, 0.2) is 5.13 Å².